The van der Waals surface area contributed by atoms with Gasteiger partial charge in [0.1, 0.15) is 6.07 Å². The molecule has 0 unspecified atom stereocenters. The van der Waals surface area contributed by atoms with Crippen molar-refractivity contribution in [3.05, 3.63) is 29.3 Å². The number of carbonyl (C=O) groups excluding carboxylic acids is 1. The maximum atomic E-state index is 12.7. The summed E-state index contributed by atoms with van der Waals surface area (Å²) in [4.78, 5) is 12.8. The van der Waals surface area contributed by atoms with E-state index in [1.54, 1.807) is 6.07 Å². The van der Waals surface area contributed by atoms with Gasteiger partial charge in [-0.3, -0.25) is 4.79 Å². The lowest BCUT2D eigenvalue weighted by molar-refractivity contribution is -0.137. The summed E-state index contributed by atoms with van der Waals surface area (Å²) in [6.07, 6.45) is -3.92. The van der Waals surface area contributed by atoms with Crippen molar-refractivity contribution < 1.29 is 23.1 Å². The molecule has 1 saturated heterocycles. The molecule has 0 radical (unpaired) electrons. The summed E-state index contributed by atoms with van der Waals surface area (Å²) in [7, 11) is 0. The lowest BCUT2D eigenvalue weighted by Gasteiger charge is -2.38. The molecular weight excluding hydrogens is 299 g/mol. The first-order chi connectivity index (χ1) is 10.2. The van der Waals surface area contributed by atoms with Gasteiger partial charge in [-0.15, -0.1) is 0 Å². The summed E-state index contributed by atoms with van der Waals surface area (Å²) in [5, 5.41) is 19.2. The van der Waals surface area contributed by atoms with Gasteiger partial charge in [-0.1, -0.05) is 0 Å². The summed E-state index contributed by atoms with van der Waals surface area (Å²) in [6, 6.07) is 4.52. The Kier molecular flexibility index (Phi) is 4.02. The zero-order valence-electron chi connectivity index (χ0n) is 11.5. The smallest absolute Gasteiger partial charge is 0.378 e. The molecule has 3 N–H and O–H groups in total. The Morgan fingerprint density at radius 1 is 1.45 bits per heavy atom. The molecule has 5 nitrogen and oxygen atoms in total. The normalized spacial score (nSPS) is 22.2. The molecule has 1 aliphatic heterocycles. The number of β-amino-alcohol motifs (C(OH)–C–C–N with tert-alkyl or cyclic N) is 1. The summed E-state index contributed by atoms with van der Waals surface area (Å²) in [6.45, 7) is 0.262. The van der Waals surface area contributed by atoms with E-state index in [1.807, 2.05) is 0 Å². The molecule has 0 bridgehead atoms. The van der Waals surface area contributed by atoms with E-state index >= 15 is 0 Å². The van der Waals surface area contributed by atoms with Gasteiger partial charge in [-0.25, -0.2) is 0 Å². The Labute approximate surface area is 124 Å². The van der Waals surface area contributed by atoms with E-state index < -0.39 is 23.2 Å². The molecular formula is C14H14F3N3O2. The predicted molar refractivity (Wildman–Crippen MR) is 71.8 cm³/mol. The van der Waals surface area contributed by atoms with Crippen LogP contribution in [-0.4, -0.2) is 29.7 Å². The Morgan fingerprint density at radius 3 is 2.68 bits per heavy atom. The lowest BCUT2D eigenvalue weighted by Crippen LogP contribution is -2.56. The number of benzene rings is 1. The van der Waals surface area contributed by atoms with Crippen LogP contribution in [0.5, 0.6) is 0 Å². The molecule has 0 spiro atoms. The highest BCUT2D eigenvalue weighted by molar-refractivity contribution is 5.84. The van der Waals surface area contributed by atoms with Crippen LogP contribution in [0, 0.1) is 11.3 Å². The average molecular weight is 313 g/mol. The van der Waals surface area contributed by atoms with Crippen molar-refractivity contribution in [3.8, 4) is 6.07 Å². The number of primary amides is 1. The SMILES string of the molecule is N#Cc1cc(C(F)(F)F)ccc1N1CCC[C@](O)(C(N)=O)C1. The number of anilines is 1. The Bertz CT molecular complexity index is 639. The minimum absolute atomic E-state index is 0.150. The van der Waals surface area contributed by atoms with Crippen LogP contribution in [0.1, 0.15) is 24.0 Å². The summed E-state index contributed by atoms with van der Waals surface area (Å²) < 4.78 is 38.0. The molecule has 1 heterocycles. The number of piperidine rings is 1. The predicted octanol–water partition coefficient (Wildman–Crippen LogP) is 1.39. The van der Waals surface area contributed by atoms with E-state index in [9.17, 15) is 23.1 Å². The highest BCUT2D eigenvalue weighted by atomic mass is 19.4. The van der Waals surface area contributed by atoms with Crippen LogP contribution in [0.15, 0.2) is 18.2 Å². The van der Waals surface area contributed by atoms with Crippen LogP contribution < -0.4 is 10.6 Å². The molecule has 0 saturated carbocycles. The second-order valence-corrected chi connectivity index (χ2v) is 5.26. The highest BCUT2D eigenvalue weighted by Gasteiger charge is 2.39. The van der Waals surface area contributed by atoms with Crippen LogP contribution in [0.4, 0.5) is 18.9 Å². The van der Waals surface area contributed by atoms with Crippen LogP contribution in [0.25, 0.3) is 0 Å². The first kappa shape index (κ1) is 16.1. The van der Waals surface area contributed by atoms with Gasteiger partial charge in [0.2, 0.25) is 0 Å². The number of nitriles is 1. The highest BCUT2D eigenvalue weighted by Crippen LogP contribution is 2.34. The number of aliphatic hydroxyl groups is 1. The van der Waals surface area contributed by atoms with Crippen molar-refractivity contribution in [2.24, 2.45) is 5.73 Å². The quantitative estimate of drug-likeness (QED) is 0.863. The number of alkyl halides is 3. The van der Waals surface area contributed by atoms with Gasteiger partial charge in [-0.2, -0.15) is 18.4 Å². The second-order valence-electron chi connectivity index (χ2n) is 5.26. The summed E-state index contributed by atoms with van der Waals surface area (Å²) in [5.41, 5.74) is 2.58. The van der Waals surface area contributed by atoms with Gasteiger partial charge in [0.15, 0.2) is 5.60 Å². The molecule has 1 aliphatic rings. The molecule has 8 heteroatoms. The number of hydrogen-bond donors (Lipinski definition) is 2. The van der Waals surface area contributed by atoms with Crippen LogP contribution in [-0.2, 0) is 11.0 Å². The Morgan fingerprint density at radius 2 is 2.14 bits per heavy atom. The van der Waals surface area contributed by atoms with Crippen LogP contribution in [0.3, 0.4) is 0 Å². The zero-order chi connectivity index (χ0) is 16.5. The molecule has 118 valence electrons. The van der Waals surface area contributed by atoms with Crippen LogP contribution in [0.2, 0.25) is 0 Å². The summed E-state index contributed by atoms with van der Waals surface area (Å²) >= 11 is 0. The molecule has 1 fully saturated rings. The number of nitrogens with zero attached hydrogens (tertiary/aromatic N) is 2. The molecule has 2 rings (SSSR count). The lowest BCUT2D eigenvalue weighted by atomic mass is 9.91. The fourth-order valence-corrected chi connectivity index (χ4v) is 2.52. The summed E-state index contributed by atoms with van der Waals surface area (Å²) in [5.74, 6) is -0.886. The Hall–Kier alpha value is -2.27. The molecule has 22 heavy (non-hydrogen) atoms. The third kappa shape index (κ3) is 2.99. The molecule has 1 aromatic carbocycles. The van der Waals surface area contributed by atoms with Crippen molar-refractivity contribution in [2.75, 3.05) is 18.0 Å². The van der Waals surface area contributed by atoms with Gasteiger partial charge in [0, 0.05) is 6.54 Å². The van der Waals surface area contributed by atoms with E-state index in [-0.39, 0.29) is 24.2 Å². The third-order valence-electron chi connectivity index (χ3n) is 3.71. The van der Waals surface area contributed by atoms with Crippen molar-refractivity contribution in [3.63, 3.8) is 0 Å². The van der Waals surface area contributed by atoms with Gasteiger partial charge in [-0.05, 0) is 31.0 Å². The van der Waals surface area contributed by atoms with E-state index in [0.717, 1.165) is 12.1 Å². The Balaban J connectivity index is 2.37. The zero-order valence-corrected chi connectivity index (χ0v) is 11.5. The standard InChI is InChI=1S/C14H14F3N3O2/c15-14(16,17)10-2-3-11(9(6-10)7-18)20-5-1-4-13(22,8-20)12(19)21/h2-3,6,22H,1,4-5,8H2,(H2,19,21)/t13-/m1/s1. The third-order valence-corrected chi connectivity index (χ3v) is 3.71. The van der Waals surface area contributed by atoms with Crippen LogP contribution >= 0.6 is 0 Å². The minimum Gasteiger partial charge on any atom is -0.378 e. The first-order valence-electron chi connectivity index (χ1n) is 6.56. The van der Waals surface area contributed by atoms with E-state index in [2.05, 4.69) is 0 Å². The maximum absolute atomic E-state index is 12.7. The largest absolute Gasteiger partial charge is 0.416 e. The van der Waals surface area contributed by atoms with Crippen molar-refractivity contribution >= 4 is 11.6 Å². The second kappa shape index (κ2) is 5.50. The van der Waals surface area contributed by atoms with Crippen molar-refractivity contribution in [1.29, 1.82) is 5.26 Å². The van der Waals surface area contributed by atoms with Crippen molar-refractivity contribution in [1.82, 2.24) is 0 Å². The number of rotatable bonds is 2. The number of nitrogens with two attached hydrogens (primary N) is 1. The molecule has 1 atom stereocenters. The molecule has 1 amide bonds. The van der Waals surface area contributed by atoms with Crippen molar-refractivity contribution in [2.45, 2.75) is 24.6 Å². The van der Waals surface area contributed by atoms with Gasteiger partial charge < -0.3 is 15.7 Å². The van der Waals surface area contributed by atoms with E-state index in [1.165, 1.54) is 11.0 Å². The van der Waals surface area contributed by atoms with E-state index in [4.69, 9.17) is 11.0 Å². The molecule has 0 aliphatic carbocycles. The fourth-order valence-electron chi connectivity index (χ4n) is 2.52. The number of amides is 1. The number of halogens is 3. The monoisotopic (exact) mass is 313 g/mol. The molecule has 0 aromatic heterocycles. The number of hydrogen-bond acceptors (Lipinski definition) is 4. The minimum atomic E-state index is -4.54. The van der Waals surface area contributed by atoms with Gasteiger partial charge >= 0.3 is 6.18 Å². The van der Waals surface area contributed by atoms with E-state index in [0.29, 0.717) is 13.0 Å². The topological polar surface area (TPSA) is 90.3 Å². The van der Waals surface area contributed by atoms with Gasteiger partial charge in [0.05, 0.1) is 23.4 Å². The number of carbonyl (C=O) groups is 1. The molecule has 1 aromatic rings. The maximum Gasteiger partial charge on any atom is 0.416 e. The fraction of sp³-hybridized carbons (Fsp3) is 0.429. The first-order valence-corrected chi connectivity index (χ1v) is 6.56. The average Bonchev–Trinajstić information content (AvgIpc) is 2.45. The van der Waals surface area contributed by atoms with Gasteiger partial charge in [0.25, 0.3) is 5.91 Å².